The van der Waals surface area contributed by atoms with Gasteiger partial charge < -0.3 is 5.32 Å². The average molecular weight is 351 g/mol. The van der Waals surface area contributed by atoms with Crippen LogP contribution in [0.15, 0.2) is 22.7 Å². The molecule has 0 aromatic heterocycles. The summed E-state index contributed by atoms with van der Waals surface area (Å²) in [5.74, 6) is -0.224. The third-order valence-electron chi connectivity index (χ3n) is 3.53. The molecule has 1 amide bonds. The van der Waals surface area contributed by atoms with E-state index in [-0.39, 0.29) is 11.3 Å². The molecule has 0 radical (unpaired) electrons. The molecule has 1 aromatic rings. The fourth-order valence-corrected chi connectivity index (χ4v) is 2.73. The Morgan fingerprint density at radius 1 is 1.37 bits per heavy atom. The lowest BCUT2D eigenvalue weighted by Gasteiger charge is -2.29. The van der Waals surface area contributed by atoms with Gasteiger partial charge in [0.25, 0.3) is 5.91 Å². The molecule has 0 saturated heterocycles. The summed E-state index contributed by atoms with van der Waals surface area (Å²) in [4.78, 5) is 12.0. The first-order valence-electron chi connectivity index (χ1n) is 6.26. The lowest BCUT2D eigenvalue weighted by atomic mass is 9.84. The average Bonchev–Trinajstić information content (AvgIpc) is 2.39. The van der Waals surface area contributed by atoms with Crippen molar-refractivity contribution < 1.29 is 9.18 Å². The summed E-state index contributed by atoms with van der Waals surface area (Å²) in [5.41, 5.74) is 0.212. The van der Waals surface area contributed by atoms with Crippen molar-refractivity contribution in [1.82, 2.24) is 5.32 Å². The Bertz CT molecular complexity index is 421. The Labute approximate surface area is 126 Å². The van der Waals surface area contributed by atoms with Gasteiger partial charge in [0.2, 0.25) is 0 Å². The number of nitrogens with one attached hydrogen (secondary N) is 1. The van der Waals surface area contributed by atoms with Gasteiger partial charge in [-0.15, -0.1) is 11.6 Å². The molecule has 0 spiro atoms. The van der Waals surface area contributed by atoms with Crippen LogP contribution in [0, 0.1) is 11.2 Å². The molecule has 1 N–H and O–H groups in total. The topological polar surface area (TPSA) is 29.1 Å². The predicted octanol–water partition coefficient (Wildman–Crippen LogP) is 4.36. The van der Waals surface area contributed by atoms with E-state index in [2.05, 4.69) is 35.1 Å². The van der Waals surface area contributed by atoms with Gasteiger partial charge in [-0.05, 0) is 31.0 Å². The van der Waals surface area contributed by atoms with E-state index in [1.807, 2.05) is 0 Å². The number of halogens is 3. The van der Waals surface area contributed by atoms with Crippen molar-refractivity contribution in [2.45, 2.75) is 26.7 Å². The van der Waals surface area contributed by atoms with Crippen LogP contribution in [0.3, 0.4) is 0 Å². The highest BCUT2D eigenvalue weighted by Gasteiger charge is 2.25. The standard InChI is InChI=1S/C14H18BrClFNO/c1-3-14(4-2,8-16)9-18-13(19)10-5-11(15)7-12(17)6-10/h5-7H,3-4,8-9H2,1-2H3,(H,18,19). The molecular formula is C14H18BrClFNO. The third kappa shape index (κ3) is 4.46. The minimum Gasteiger partial charge on any atom is -0.351 e. The number of carbonyl (C=O) groups excluding carboxylic acids is 1. The van der Waals surface area contributed by atoms with Gasteiger partial charge in [-0.2, -0.15) is 0 Å². The Morgan fingerprint density at radius 2 is 2.00 bits per heavy atom. The van der Waals surface area contributed by atoms with E-state index in [1.165, 1.54) is 12.1 Å². The molecule has 0 aliphatic rings. The first-order valence-corrected chi connectivity index (χ1v) is 7.59. The molecule has 0 unspecified atom stereocenters. The fraction of sp³-hybridized carbons (Fsp3) is 0.500. The van der Waals surface area contributed by atoms with Crippen molar-refractivity contribution in [2.75, 3.05) is 12.4 Å². The van der Waals surface area contributed by atoms with Crippen molar-refractivity contribution in [1.29, 1.82) is 0 Å². The Kier molecular flexibility index (Phi) is 6.27. The second-order valence-corrected chi connectivity index (χ2v) is 5.86. The number of amides is 1. The fourth-order valence-electron chi connectivity index (χ4n) is 1.79. The lowest BCUT2D eigenvalue weighted by Crippen LogP contribution is -2.38. The third-order valence-corrected chi connectivity index (χ3v) is 4.56. The van der Waals surface area contributed by atoms with E-state index in [9.17, 15) is 9.18 Å². The highest BCUT2D eigenvalue weighted by molar-refractivity contribution is 9.10. The zero-order valence-electron chi connectivity index (χ0n) is 11.1. The van der Waals surface area contributed by atoms with Gasteiger partial charge in [0.1, 0.15) is 5.82 Å². The molecule has 0 fully saturated rings. The van der Waals surface area contributed by atoms with Crippen LogP contribution in [0.4, 0.5) is 4.39 Å². The van der Waals surface area contributed by atoms with Crippen molar-refractivity contribution in [3.8, 4) is 0 Å². The Hall–Kier alpha value is -0.610. The molecule has 106 valence electrons. The summed E-state index contributed by atoms with van der Waals surface area (Å²) in [7, 11) is 0. The van der Waals surface area contributed by atoms with Gasteiger partial charge >= 0.3 is 0 Å². The Balaban J connectivity index is 2.74. The van der Waals surface area contributed by atoms with Gasteiger partial charge in [0, 0.05) is 27.9 Å². The molecule has 0 bridgehead atoms. The molecular weight excluding hydrogens is 333 g/mol. The number of hydrogen-bond acceptors (Lipinski definition) is 1. The van der Waals surface area contributed by atoms with Gasteiger partial charge in [0.05, 0.1) is 0 Å². The van der Waals surface area contributed by atoms with E-state index in [4.69, 9.17) is 11.6 Å². The van der Waals surface area contributed by atoms with Gasteiger partial charge in [-0.3, -0.25) is 4.79 Å². The predicted molar refractivity (Wildman–Crippen MR) is 80.2 cm³/mol. The van der Waals surface area contributed by atoms with E-state index in [0.29, 0.717) is 22.5 Å². The normalized spacial score (nSPS) is 11.4. The van der Waals surface area contributed by atoms with E-state index in [0.717, 1.165) is 12.8 Å². The van der Waals surface area contributed by atoms with Crippen LogP contribution in [0.2, 0.25) is 0 Å². The largest absolute Gasteiger partial charge is 0.351 e. The summed E-state index contributed by atoms with van der Waals surface area (Å²) in [6.45, 7) is 4.60. The maximum Gasteiger partial charge on any atom is 0.251 e. The molecule has 0 heterocycles. The molecule has 0 atom stereocenters. The number of carbonyl (C=O) groups is 1. The quantitative estimate of drug-likeness (QED) is 0.759. The molecule has 0 aliphatic carbocycles. The van der Waals surface area contributed by atoms with Crippen LogP contribution in [-0.2, 0) is 0 Å². The van der Waals surface area contributed by atoms with E-state index >= 15 is 0 Å². The van der Waals surface area contributed by atoms with Crippen LogP contribution < -0.4 is 5.32 Å². The van der Waals surface area contributed by atoms with Gasteiger partial charge in [-0.25, -0.2) is 4.39 Å². The summed E-state index contributed by atoms with van der Waals surface area (Å²) in [5, 5.41) is 2.84. The minimum absolute atomic E-state index is 0.0955. The molecule has 0 saturated carbocycles. The number of hydrogen-bond donors (Lipinski definition) is 1. The molecule has 1 aromatic carbocycles. The van der Waals surface area contributed by atoms with E-state index < -0.39 is 5.82 Å². The maximum atomic E-state index is 13.2. The molecule has 1 rings (SSSR count). The SMILES string of the molecule is CCC(CC)(CCl)CNC(=O)c1cc(F)cc(Br)c1. The van der Waals surface area contributed by atoms with Gasteiger partial charge in [-0.1, -0.05) is 29.8 Å². The Morgan fingerprint density at radius 3 is 2.47 bits per heavy atom. The number of alkyl halides is 1. The monoisotopic (exact) mass is 349 g/mol. The van der Waals surface area contributed by atoms with Crippen molar-refractivity contribution in [2.24, 2.45) is 5.41 Å². The first kappa shape index (κ1) is 16.4. The highest BCUT2D eigenvalue weighted by Crippen LogP contribution is 2.27. The maximum absolute atomic E-state index is 13.2. The molecule has 19 heavy (non-hydrogen) atoms. The highest BCUT2D eigenvalue weighted by atomic mass is 79.9. The zero-order valence-corrected chi connectivity index (χ0v) is 13.4. The van der Waals surface area contributed by atoms with Crippen LogP contribution in [0.5, 0.6) is 0 Å². The van der Waals surface area contributed by atoms with Crippen LogP contribution in [0.25, 0.3) is 0 Å². The summed E-state index contributed by atoms with van der Waals surface area (Å²) >= 11 is 9.16. The molecule has 5 heteroatoms. The zero-order chi connectivity index (χ0) is 14.5. The lowest BCUT2D eigenvalue weighted by molar-refractivity contribution is 0.0931. The van der Waals surface area contributed by atoms with Crippen LogP contribution in [0.1, 0.15) is 37.0 Å². The van der Waals surface area contributed by atoms with Gasteiger partial charge in [0.15, 0.2) is 0 Å². The summed E-state index contributed by atoms with van der Waals surface area (Å²) < 4.78 is 13.8. The summed E-state index contributed by atoms with van der Waals surface area (Å²) in [6.07, 6.45) is 1.78. The summed E-state index contributed by atoms with van der Waals surface area (Å²) in [6, 6.07) is 4.14. The van der Waals surface area contributed by atoms with Crippen LogP contribution >= 0.6 is 27.5 Å². The van der Waals surface area contributed by atoms with Crippen molar-refractivity contribution in [3.63, 3.8) is 0 Å². The minimum atomic E-state index is -0.436. The van der Waals surface area contributed by atoms with E-state index in [1.54, 1.807) is 6.07 Å². The van der Waals surface area contributed by atoms with Crippen LogP contribution in [-0.4, -0.2) is 18.3 Å². The molecule has 2 nitrogen and oxygen atoms in total. The van der Waals surface area contributed by atoms with Crippen molar-refractivity contribution >= 4 is 33.4 Å². The number of rotatable bonds is 6. The second kappa shape index (κ2) is 7.25. The number of benzene rings is 1. The first-order chi connectivity index (χ1) is 8.96. The molecule has 0 aliphatic heterocycles. The smallest absolute Gasteiger partial charge is 0.251 e. The second-order valence-electron chi connectivity index (χ2n) is 4.68. The van der Waals surface area contributed by atoms with Crippen molar-refractivity contribution in [3.05, 3.63) is 34.1 Å².